The molecule has 1 amide bonds. The van der Waals surface area contributed by atoms with Crippen LogP contribution in [-0.4, -0.2) is 47.7 Å². The highest BCUT2D eigenvalue weighted by Gasteiger charge is 2.28. The average molecular weight is 335 g/mol. The molecule has 7 heteroatoms. The lowest BCUT2D eigenvalue weighted by atomic mass is 10.0. The summed E-state index contributed by atoms with van der Waals surface area (Å²) in [5, 5.41) is 9.36. The number of rotatable bonds is 5. The predicted octanol–water partition coefficient (Wildman–Crippen LogP) is 2.67. The van der Waals surface area contributed by atoms with Crippen LogP contribution in [0.5, 0.6) is 0 Å². The van der Waals surface area contributed by atoms with Crippen molar-refractivity contribution in [3.8, 4) is 0 Å². The Morgan fingerprint density at radius 2 is 2.00 bits per heavy atom. The minimum absolute atomic E-state index is 0.0333. The van der Waals surface area contributed by atoms with E-state index in [0.29, 0.717) is 37.0 Å². The van der Waals surface area contributed by atoms with Crippen molar-refractivity contribution in [3.05, 3.63) is 35.8 Å². The molecule has 128 valence electrons. The van der Waals surface area contributed by atoms with Crippen molar-refractivity contribution in [2.75, 3.05) is 19.8 Å². The van der Waals surface area contributed by atoms with E-state index in [1.54, 1.807) is 11.0 Å². The van der Waals surface area contributed by atoms with Gasteiger partial charge in [0.25, 0.3) is 5.91 Å². The molecule has 1 saturated heterocycles. The molecule has 0 bridgehead atoms. The predicted molar refractivity (Wildman–Crippen MR) is 83.3 cm³/mol. The quantitative estimate of drug-likeness (QED) is 0.909. The smallest absolute Gasteiger partial charge is 0.305 e. The average Bonchev–Trinajstić information content (AvgIpc) is 3.06. The highest BCUT2D eigenvalue weighted by atomic mass is 19.1. The molecule has 0 aliphatic carbocycles. The van der Waals surface area contributed by atoms with Crippen LogP contribution in [0.15, 0.2) is 28.9 Å². The van der Waals surface area contributed by atoms with Gasteiger partial charge in [-0.15, -0.1) is 0 Å². The lowest BCUT2D eigenvalue weighted by Gasteiger charge is -2.34. The Morgan fingerprint density at radius 1 is 1.25 bits per heavy atom. The maximum Gasteiger partial charge on any atom is 0.305 e. The number of halogens is 1. The topological polar surface area (TPSA) is 80.0 Å². The van der Waals surface area contributed by atoms with Crippen molar-refractivity contribution in [1.82, 2.24) is 4.90 Å². The van der Waals surface area contributed by atoms with Crippen LogP contribution in [0.1, 0.15) is 29.6 Å². The summed E-state index contributed by atoms with van der Waals surface area (Å²) in [7, 11) is 0. The number of carbonyl (C=O) groups excluding carboxylic acids is 1. The number of nitrogens with zero attached hydrogens (tertiary/aromatic N) is 1. The van der Waals surface area contributed by atoms with Crippen molar-refractivity contribution in [2.45, 2.75) is 25.3 Å². The molecule has 0 saturated carbocycles. The standard InChI is InChI=1S/C17H18FNO5/c18-14-2-1-13(12-6-10-24-16(12)14)17(22)19(7-3-15(20)21)11-4-8-23-9-5-11/h1-2,6,10-11H,3-5,7-9H2,(H,20,21). The van der Waals surface area contributed by atoms with E-state index in [1.807, 2.05) is 0 Å². The second kappa shape index (κ2) is 7.00. The molecule has 1 aromatic heterocycles. The van der Waals surface area contributed by atoms with Gasteiger partial charge in [-0.25, -0.2) is 4.39 Å². The zero-order valence-electron chi connectivity index (χ0n) is 13.0. The molecular formula is C17H18FNO5. The fourth-order valence-electron chi connectivity index (χ4n) is 3.03. The normalized spacial score (nSPS) is 15.5. The number of ether oxygens (including phenoxy) is 1. The van der Waals surface area contributed by atoms with Gasteiger partial charge in [0.1, 0.15) is 0 Å². The number of fused-ring (bicyclic) bond motifs is 1. The number of hydrogen-bond donors (Lipinski definition) is 1. The molecule has 1 aliphatic rings. The first-order chi connectivity index (χ1) is 11.6. The van der Waals surface area contributed by atoms with Crippen molar-refractivity contribution >= 4 is 22.8 Å². The molecule has 24 heavy (non-hydrogen) atoms. The van der Waals surface area contributed by atoms with Gasteiger partial charge in [-0.2, -0.15) is 0 Å². The van der Waals surface area contributed by atoms with Gasteiger partial charge in [-0.05, 0) is 31.0 Å². The van der Waals surface area contributed by atoms with Gasteiger partial charge in [0.15, 0.2) is 11.4 Å². The SMILES string of the molecule is O=C(O)CCN(C(=O)c1ccc(F)c2occc12)C1CCOCC1. The van der Waals surface area contributed by atoms with E-state index in [9.17, 15) is 14.0 Å². The fraction of sp³-hybridized carbons (Fsp3) is 0.412. The van der Waals surface area contributed by atoms with E-state index in [4.69, 9.17) is 14.3 Å². The highest BCUT2D eigenvalue weighted by molar-refractivity contribution is 6.06. The van der Waals surface area contributed by atoms with Gasteiger partial charge in [0.05, 0.1) is 18.2 Å². The molecule has 2 heterocycles. The lowest BCUT2D eigenvalue weighted by molar-refractivity contribution is -0.137. The Hall–Kier alpha value is -2.41. The molecule has 2 aromatic rings. The van der Waals surface area contributed by atoms with Crippen LogP contribution < -0.4 is 0 Å². The van der Waals surface area contributed by atoms with Crippen LogP contribution in [0.2, 0.25) is 0 Å². The number of carboxylic acids is 1. The van der Waals surface area contributed by atoms with Gasteiger partial charge in [-0.3, -0.25) is 9.59 Å². The van der Waals surface area contributed by atoms with E-state index >= 15 is 0 Å². The number of carboxylic acid groups (broad SMARTS) is 1. The molecule has 1 fully saturated rings. The summed E-state index contributed by atoms with van der Waals surface area (Å²) in [6.07, 6.45) is 2.50. The molecule has 1 N–H and O–H groups in total. The molecule has 1 aliphatic heterocycles. The first-order valence-electron chi connectivity index (χ1n) is 7.84. The van der Waals surface area contributed by atoms with Gasteiger partial charge >= 0.3 is 5.97 Å². The number of benzene rings is 1. The largest absolute Gasteiger partial charge is 0.481 e. The summed E-state index contributed by atoms with van der Waals surface area (Å²) in [4.78, 5) is 25.5. The monoisotopic (exact) mass is 335 g/mol. The lowest BCUT2D eigenvalue weighted by Crippen LogP contribution is -2.44. The molecule has 3 rings (SSSR count). The van der Waals surface area contributed by atoms with E-state index < -0.39 is 11.8 Å². The molecule has 0 spiro atoms. The van der Waals surface area contributed by atoms with Crippen LogP contribution in [-0.2, 0) is 9.53 Å². The Bertz CT molecular complexity index is 751. The van der Waals surface area contributed by atoms with Gasteiger partial charge in [0.2, 0.25) is 0 Å². The third-order valence-corrected chi connectivity index (χ3v) is 4.26. The first kappa shape index (κ1) is 16.4. The summed E-state index contributed by atoms with van der Waals surface area (Å²) in [5.41, 5.74) is 0.350. The van der Waals surface area contributed by atoms with E-state index in [1.165, 1.54) is 18.4 Å². The number of carbonyl (C=O) groups is 2. The molecule has 0 radical (unpaired) electrons. The van der Waals surface area contributed by atoms with Gasteiger partial charge in [-0.1, -0.05) is 0 Å². The summed E-state index contributed by atoms with van der Waals surface area (Å²) in [5.74, 6) is -1.81. The zero-order valence-corrected chi connectivity index (χ0v) is 13.0. The Labute approximate surface area is 137 Å². The molecule has 0 unspecified atom stereocenters. The zero-order chi connectivity index (χ0) is 17.1. The van der Waals surface area contributed by atoms with Crippen molar-refractivity contribution in [3.63, 3.8) is 0 Å². The third-order valence-electron chi connectivity index (χ3n) is 4.26. The third kappa shape index (κ3) is 3.26. The number of aliphatic carboxylic acids is 1. The fourth-order valence-corrected chi connectivity index (χ4v) is 3.03. The molecule has 1 aromatic carbocycles. The second-order valence-electron chi connectivity index (χ2n) is 5.74. The van der Waals surface area contributed by atoms with E-state index in [2.05, 4.69) is 0 Å². The second-order valence-corrected chi connectivity index (χ2v) is 5.74. The minimum atomic E-state index is -0.965. The number of furan rings is 1. The maximum absolute atomic E-state index is 13.8. The Morgan fingerprint density at radius 3 is 2.71 bits per heavy atom. The van der Waals surface area contributed by atoms with Gasteiger partial charge < -0.3 is 19.2 Å². The van der Waals surface area contributed by atoms with E-state index in [0.717, 1.165) is 0 Å². The summed E-state index contributed by atoms with van der Waals surface area (Å²) >= 11 is 0. The first-order valence-corrected chi connectivity index (χ1v) is 7.84. The van der Waals surface area contributed by atoms with Crippen molar-refractivity contribution < 1.29 is 28.2 Å². The van der Waals surface area contributed by atoms with E-state index in [-0.39, 0.29) is 30.5 Å². The van der Waals surface area contributed by atoms with Crippen molar-refractivity contribution in [1.29, 1.82) is 0 Å². The highest BCUT2D eigenvalue weighted by Crippen LogP contribution is 2.26. The Balaban J connectivity index is 1.92. The Kier molecular flexibility index (Phi) is 4.80. The van der Waals surface area contributed by atoms with Crippen LogP contribution in [0, 0.1) is 5.82 Å². The summed E-state index contributed by atoms with van der Waals surface area (Å²) in [6, 6.07) is 4.07. The van der Waals surface area contributed by atoms with Crippen molar-refractivity contribution in [2.24, 2.45) is 0 Å². The maximum atomic E-state index is 13.8. The number of amides is 1. The number of hydrogen-bond acceptors (Lipinski definition) is 4. The van der Waals surface area contributed by atoms with Crippen LogP contribution in [0.3, 0.4) is 0 Å². The molecule has 0 atom stereocenters. The van der Waals surface area contributed by atoms with Crippen LogP contribution in [0.4, 0.5) is 4.39 Å². The molecular weight excluding hydrogens is 317 g/mol. The summed E-state index contributed by atoms with van der Waals surface area (Å²) in [6.45, 7) is 1.17. The van der Waals surface area contributed by atoms with Crippen LogP contribution in [0.25, 0.3) is 11.0 Å². The molecule has 6 nitrogen and oxygen atoms in total. The minimum Gasteiger partial charge on any atom is -0.481 e. The van der Waals surface area contributed by atoms with Gasteiger partial charge in [0, 0.05) is 31.2 Å². The van der Waals surface area contributed by atoms with Crippen LogP contribution >= 0.6 is 0 Å². The summed E-state index contributed by atoms with van der Waals surface area (Å²) < 4.78 is 24.2.